The fourth-order valence-corrected chi connectivity index (χ4v) is 4.44. The first-order valence-electron chi connectivity index (χ1n) is 10.5. The summed E-state index contributed by atoms with van der Waals surface area (Å²) >= 11 is 0. The number of anilines is 1. The Morgan fingerprint density at radius 1 is 1.03 bits per heavy atom. The molecular formula is C25H27N3O5S. The molecule has 0 radical (unpaired) electrons. The molecule has 0 saturated heterocycles. The molecule has 0 aliphatic heterocycles. The topological polar surface area (TPSA) is 97.3 Å². The van der Waals surface area contributed by atoms with Gasteiger partial charge in [0.1, 0.15) is 12.6 Å². The van der Waals surface area contributed by atoms with Crippen molar-refractivity contribution in [3.05, 3.63) is 90.0 Å². The van der Waals surface area contributed by atoms with Crippen molar-refractivity contribution in [2.45, 2.75) is 19.6 Å². The maximum Gasteiger partial charge on any atom is 0.263 e. The number of hydrazone groups is 1. The molecule has 0 aromatic heterocycles. The number of rotatable bonds is 10. The van der Waals surface area contributed by atoms with Crippen LogP contribution in [0.15, 0.2) is 84.0 Å². The van der Waals surface area contributed by atoms with Crippen molar-refractivity contribution >= 4 is 27.8 Å². The molecule has 0 aliphatic carbocycles. The van der Waals surface area contributed by atoms with Crippen LogP contribution in [-0.4, -0.2) is 39.9 Å². The smallest absolute Gasteiger partial charge is 0.263 e. The van der Waals surface area contributed by atoms with Gasteiger partial charge in [-0.25, -0.2) is 13.8 Å². The summed E-state index contributed by atoms with van der Waals surface area (Å²) in [5.41, 5.74) is 4.50. The monoisotopic (exact) mass is 481 g/mol. The van der Waals surface area contributed by atoms with Crippen molar-refractivity contribution in [2.75, 3.05) is 17.7 Å². The number of benzene rings is 3. The molecule has 1 N–H and O–H groups in total. The number of carbonyl (C=O) groups is 1. The number of hydrogen-bond donors (Lipinski definition) is 1. The lowest BCUT2D eigenvalue weighted by molar-refractivity contribution is -0.121. The fraction of sp³-hybridized carbons (Fsp3) is 0.200. The molecule has 1 atom stereocenters. The SMILES string of the molecule is COc1cc(/C=N\NC(=O)[C@@H](C)N(c2ccccc2)S(C)(=O)=O)ccc1OCc1ccccc1. The largest absolute Gasteiger partial charge is 0.493 e. The van der Waals surface area contributed by atoms with Gasteiger partial charge in [0.05, 0.1) is 25.3 Å². The number of amides is 1. The molecular weight excluding hydrogens is 454 g/mol. The molecule has 9 heteroatoms. The Morgan fingerprint density at radius 2 is 1.68 bits per heavy atom. The molecule has 0 heterocycles. The van der Waals surface area contributed by atoms with E-state index in [1.54, 1.807) is 55.6 Å². The van der Waals surface area contributed by atoms with Gasteiger partial charge in [-0.2, -0.15) is 5.10 Å². The second-order valence-electron chi connectivity index (χ2n) is 7.49. The van der Waals surface area contributed by atoms with Gasteiger partial charge in [0.2, 0.25) is 10.0 Å². The van der Waals surface area contributed by atoms with Crippen LogP contribution in [0, 0.1) is 0 Å². The number of sulfonamides is 1. The molecule has 0 aliphatic rings. The molecule has 0 fully saturated rings. The summed E-state index contributed by atoms with van der Waals surface area (Å²) in [5, 5.41) is 3.98. The zero-order chi connectivity index (χ0) is 24.6. The summed E-state index contributed by atoms with van der Waals surface area (Å²) in [7, 11) is -2.15. The van der Waals surface area contributed by atoms with Gasteiger partial charge < -0.3 is 9.47 Å². The molecule has 34 heavy (non-hydrogen) atoms. The maximum absolute atomic E-state index is 12.6. The molecule has 0 saturated carbocycles. The molecule has 0 unspecified atom stereocenters. The Labute approximate surface area is 199 Å². The number of nitrogens with one attached hydrogen (secondary N) is 1. The van der Waals surface area contributed by atoms with E-state index in [0.717, 1.165) is 16.1 Å². The molecule has 1 amide bonds. The maximum atomic E-state index is 12.6. The quantitative estimate of drug-likeness (QED) is 0.353. The highest BCUT2D eigenvalue weighted by Crippen LogP contribution is 2.28. The molecule has 178 valence electrons. The first-order valence-corrected chi connectivity index (χ1v) is 12.4. The first-order chi connectivity index (χ1) is 16.3. The normalized spacial score (nSPS) is 12.2. The fourth-order valence-electron chi connectivity index (χ4n) is 3.27. The van der Waals surface area contributed by atoms with Crippen LogP contribution < -0.4 is 19.2 Å². The van der Waals surface area contributed by atoms with Crippen molar-refractivity contribution in [3.8, 4) is 11.5 Å². The van der Waals surface area contributed by atoms with E-state index >= 15 is 0 Å². The Kier molecular flexibility index (Phi) is 8.26. The van der Waals surface area contributed by atoms with Gasteiger partial charge in [-0.3, -0.25) is 9.10 Å². The van der Waals surface area contributed by atoms with Crippen LogP contribution in [-0.2, 0) is 21.4 Å². The van der Waals surface area contributed by atoms with Crippen LogP contribution in [0.5, 0.6) is 11.5 Å². The van der Waals surface area contributed by atoms with E-state index < -0.39 is 22.0 Å². The Morgan fingerprint density at radius 3 is 2.29 bits per heavy atom. The molecule has 8 nitrogen and oxygen atoms in total. The lowest BCUT2D eigenvalue weighted by atomic mass is 10.2. The highest BCUT2D eigenvalue weighted by Gasteiger charge is 2.28. The van der Waals surface area contributed by atoms with Gasteiger partial charge in [-0.1, -0.05) is 48.5 Å². The zero-order valence-corrected chi connectivity index (χ0v) is 20.0. The molecule has 0 bridgehead atoms. The standard InChI is InChI=1S/C25H27N3O5S/c1-19(28(34(3,30)31)22-12-8-5-9-13-22)25(29)27-26-17-21-14-15-23(24(16-21)32-2)33-18-20-10-6-4-7-11-20/h4-17,19H,18H2,1-3H3,(H,27,29)/b26-17-/t19-/m1/s1. The summed E-state index contributed by atoms with van der Waals surface area (Å²) in [6, 6.07) is 22.5. The third kappa shape index (κ3) is 6.58. The molecule has 3 aromatic rings. The van der Waals surface area contributed by atoms with E-state index in [1.165, 1.54) is 13.1 Å². The average molecular weight is 482 g/mol. The van der Waals surface area contributed by atoms with Crippen molar-refractivity contribution in [1.29, 1.82) is 0 Å². The van der Waals surface area contributed by atoms with Crippen LogP contribution in [0.4, 0.5) is 5.69 Å². The second kappa shape index (κ2) is 11.3. The van der Waals surface area contributed by atoms with Gasteiger partial charge >= 0.3 is 0 Å². The predicted octanol–water partition coefficient (Wildman–Crippen LogP) is 3.58. The minimum Gasteiger partial charge on any atom is -0.493 e. The van der Waals surface area contributed by atoms with Crippen LogP contribution >= 0.6 is 0 Å². The second-order valence-corrected chi connectivity index (χ2v) is 9.35. The minimum absolute atomic E-state index is 0.396. The number of nitrogens with zero attached hydrogens (tertiary/aromatic N) is 2. The lowest BCUT2D eigenvalue weighted by Crippen LogP contribution is -2.46. The summed E-state index contributed by atoms with van der Waals surface area (Å²) in [5.74, 6) is 0.528. The van der Waals surface area contributed by atoms with Crippen LogP contribution in [0.3, 0.4) is 0 Å². The van der Waals surface area contributed by atoms with Crippen LogP contribution in [0.1, 0.15) is 18.1 Å². The first kappa shape index (κ1) is 24.8. The van der Waals surface area contributed by atoms with E-state index in [-0.39, 0.29) is 0 Å². The van der Waals surface area contributed by atoms with Gasteiger partial charge in [-0.05, 0) is 48.4 Å². The van der Waals surface area contributed by atoms with E-state index in [2.05, 4.69) is 10.5 Å². The predicted molar refractivity (Wildman–Crippen MR) is 133 cm³/mol. The van der Waals surface area contributed by atoms with Crippen molar-refractivity contribution in [1.82, 2.24) is 5.43 Å². The average Bonchev–Trinajstić information content (AvgIpc) is 2.83. The Balaban J connectivity index is 1.66. The number of hydrogen-bond acceptors (Lipinski definition) is 6. The number of para-hydroxylation sites is 1. The van der Waals surface area contributed by atoms with Gasteiger partial charge in [0.15, 0.2) is 11.5 Å². The summed E-state index contributed by atoms with van der Waals surface area (Å²) in [6.45, 7) is 1.90. The number of methoxy groups -OCH3 is 1. The van der Waals surface area contributed by atoms with Gasteiger partial charge in [0, 0.05) is 0 Å². The number of ether oxygens (including phenoxy) is 2. The highest BCUT2D eigenvalue weighted by atomic mass is 32.2. The molecule has 0 spiro atoms. The third-order valence-corrected chi connectivity index (χ3v) is 6.15. The number of carbonyl (C=O) groups excluding carboxylic acids is 1. The lowest BCUT2D eigenvalue weighted by Gasteiger charge is -2.27. The van der Waals surface area contributed by atoms with Crippen molar-refractivity contribution < 1.29 is 22.7 Å². The van der Waals surface area contributed by atoms with E-state index in [1.807, 2.05) is 30.3 Å². The van der Waals surface area contributed by atoms with Crippen LogP contribution in [0.25, 0.3) is 0 Å². The van der Waals surface area contributed by atoms with Crippen LogP contribution in [0.2, 0.25) is 0 Å². The summed E-state index contributed by atoms with van der Waals surface area (Å²) < 4.78 is 36.9. The molecule has 3 aromatic carbocycles. The summed E-state index contributed by atoms with van der Waals surface area (Å²) in [4.78, 5) is 12.6. The van der Waals surface area contributed by atoms with E-state index in [4.69, 9.17) is 9.47 Å². The van der Waals surface area contributed by atoms with Gasteiger partial charge in [-0.15, -0.1) is 0 Å². The minimum atomic E-state index is -3.69. The third-order valence-electron chi connectivity index (χ3n) is 4.91. The van der Waals surface area contributed by atoms with E-state index in [0.29, 0.717) is 29.4 Å². The molecule has 3 rings (SSSR count). The zero-order valence-electron chi connectivity index (χ0n) is 19.2. The van der Waals surface area contributed by atoms with Gasteiger partial charge in [0.25, 0.3) is 5.91 Å². The van der Waals surface area contributed by atoms with E-state index in [9.17, 15) is 13.2 Å². The van der Waals surface area contributed by atoms with Crippen molar-refractivity contribution in [2.24, 2.45) is 5.10 Å². The highest BCUT2D eigenvalue weighted by molar-refractivity contribution is 7.92. The summed E-state index contributed by atoms with van der Waals surface area (Å²) in [6.07, 6.45) is 2.50. The Bertz CT molecular complexity index is 1230. The Hall–Kier alpha value is -3.85. The van der Waals surface area contributed by atoms with Crippen molar-refractivity contribution in [3.63, 3.8) is 0 Å².